The van der Waals surface area contributed by atoms with E-state index in [1.54, 1.807) is 0 Å². The van der Waals surface area contributed by atoms with E-state index in [1.165, 1.54) is 11.3 Å². The minimum Gasteiger partial charge on any atom is -0.365 e. The molecule has 1 unspecified atom stereocenters. The summed E-state index contributed by atoms with van der Waals surface area (Å²) >= 11 is 1.43. The SMILES string of the molecule is CNc1nc(C)c(C(=O)N2CCCC(c3nc4ccccc4[nH]3)C2)s1. The number of likely N-dealkylation sites (tertiary alicyclic amines) is 1. The van der Waals surface area contributed by atoms with Crippen LogP contribution in [0.25, 0.3) is 11.0 Å². The van der Waals surface area contributed by atoms with E-state index in [0.29, 0.717) is 6.54 Å². The summed E-state index contributed by atoms with van der Waals surface area (Å²) in [5.41, 5.74) is 2.83. The number of nitrogens with one attached hydrogen (secondary N) is 2. The van der Waals surface area contributed by atoms with Gasteiger partial charge < -0.3 is 15.2 Å². The molecular formula is C18H21N5OS. The topological polar surface area (TPSA) is 73.9 Å². The Morgan fingerprint density at radius 2 is 2.20 bits per heavy atom. The third-order valence-corrected chi connectivity index (χ3v) is 5.87. The number of thiazole rings is 1. The zero-order valence-electron chi connectivity index (χ0n) is 14.4. The van der Waals surface area contributed by atoms with Crippen LogP contribution in [0.15, 0.2) is 24.3 Å². The van der Waals surface area contributed by atoms with Crippen molar-refractivity contribution >= 4 is 33.4 Å². The molecule has 1 saturated heterocycles. The van der Waals surface area contributed by atoms with Crippen molar-refractivity contribution in [3.8, 4) is 0 Å². The van der Waals surface area contributed by atoms with Gasteiger partial charge in [0.05, 0.1) is 16.7 Å². The Kier molecular flexibility index (Phi) is 4.17. The van der Waals surface area contributed by atoms with Crippen LogP contribution in [0.4, 0.5) is 5.13 Å². The summed E-state index contributed by atoms with van der Waals surface area (Å²) in [7, 11) is 1.82. The second-order valence-corrected chi connectivity index (χ2v) is 7.41. The minimum absolute atomic E-state index is 0.0808. The maximum Gasteiger partial charge on any atom is 0.265 e. The van der Waals surface area contributed by atoms with Gasteiger partial charge in [-0.3, -0.25) is 4.79 Å². The minimum atomic E-state index is 0.0808. The van der Waals surface area contributed by atoms with Crippen LogP contribution in [0.1, 0.15) is 39.9 Å². The summed E-state index contributed by atoms with van der Waals surface area (Å²) in [6, 6.07) is 8.06. The van der Waals surface area contributed by atoms with Gasteiger partial charge in [-0.05, 0) is 31.9 Å². The highest BCUT2D eigenvalue weighted by Gasteiger charge is 2.29. The standard InChI is InChI=1S/C18H21N5OS/c1-11-15(25-18(19-2)20-11)17(24)23-9-5-6-12(10-23)16-21-13-7-3-4-8-14(13)22-16/h3-4,7-8,12H,5-6,9-10H2,1-2H3,(H,19,20)(H,21,22). The van der Waals surface area contributed by atoms with Crippen molar-refractivity contribution in [2.45, 2.75) is 25.7 Å². The Morgan fingerprint density at radius 1 is 1.36 bits per heavy atom. The van der Waals surface area contributed by atoms with Crippen LogP contribution in [0.5, 0.6) is 0 Å². The lowest BCUT2D eigenvalue weighted by molar-refractivity contribution is 0.0709. The molecule has 0 radical (unpaired) electrons. The lowest BCUT2D eigenvalue weighted by Crippen LogP contribution is -2.39. The number of amides is 1. The third-order valence-electron chi connectivity index (χ3n) is 4.71. The van der Waals surface area contributed by atoms with Gasteiger partial charge in [-0.25, -0.2) is 9.97 Å². The molecule has 6 nitrogen and oxygen atoms in total. The summed E-state index contributed by atoms with van der Waals surface area (Å²) in [5, 5.41) is 3.80. The Morgan fingerprint density at radius 3 is 2.96 bits per heavy atom. The number of hydrogen-bond donors (Lipinski definition) is 2. The number of H-pyrrole nitrogens is 1. The molecular weight excluding hydrogens is 334 g/mol. The van der Waals surface area contributed by atoms with Crippen molar-refractivity contribution < 1.29 is 4.79 Å². The number of nitrogens with zero attached hydrogens (tertiary/aromatic N) is 3. The molecule has 2 N–H and O–H groups in total. The van der Waals surface area contributed by atoms with Crippen molar-refractivity contribution in [3.05, 3.63) is 40.7 Å². The predicted molar refractivity (Wildman–Crippen MR) is 100 cm³/mol. The van der Waals surface area contributed by atoms with E-state index in [-0.39, 0.29) is 11.8 Å². The zero-order valence-corrected chi connectivity index (χ0v) is 15.2. The fourth-order valence-corrected chi connectivity index (χ4v) is 4.28. The number of fused-ring (bicyclic) bond motifs is 1. The first-order valence-corrected chi connectivity index (χ1v) is 9.36. The summed E-state index contributed by atoms with van der Waals surface area (Å²) in [6.45, 7) is 3.39. The number of benzene rings is 1. The van der Waals surface area contributed by atoms with Crippen molar-refractivity contribution in [2.24, 2.45) is 0 Å². The van der Waals surface area contributed by atoms with E-state index in [4.69, 9.17) is 4.98 Å². The summed E-state index contributed by atoms with van der Waals surface area (Å²) < 4.78 is 0. The molecule has 130 valence electrons. The normalized spacial score (nSPS) is 17.8. The monoisotopic (exact) mass is 355 g/mol. The fraction of sp³-hybridized carbons (Fsp3) is 0.389. The number of aryl methyl sites for hydroxylation is 1. The van der Waals surface area contributed by atoms with Gasteiger partial charge in [0.15, 0.2) is 5.13 Å². The van der Waals surface area contributed by atoms with Gasteiger partial charge in [-0.2, -0.15) is 0 Å². The van der Waals surface area contributed by atoms with Gasteiger partial charge >= 0.3 is 0 Å². The molecule has 1 aliphatic rings. The zero-order chi connectivity index (χ0) is 17.4. The number of imidazole rings is 1. The van der Waals surface area contributed by atoms with Gasteiger partial charge in [0.25, 0.3) is 5.91 Å². The number of rotatable bonds is 3. The Hall–Kier alpha value is -2.41. The molecule has 1 atom stereocenters. The average Bonchev–Trinajstić information content (AvgIpc) is 3.24. The Bertz CT molecular complexity index is 882. The molecule has 1 amide bonds. The highest BCUT2D eigenvalue weighted by molar-refractivity contribution is 7.17. The average molecular weight is 355 g/mol. The second kappa shape index (κ2) is 6.48. The van der Waals surface area contributed by atoms with Crippen molar-refractivity contribution in [1.29, 1.82) is 0 Å². The molecule has 1 fully saturated rings. The lowest BCUT2D eigenvalue weighted by Gasteiger charge is -2.31. The van der Waals surface area contributed by atoms with E-state index in [9.17, 15) is 4.79 Å². The number of hydrogen-bond acceptors (Lipinski definition) is 5. The molecule has 0 saturated carbocycles. The van der Waals surface area contributed by atoms with E-state index in [0.717, 1.165) is 51.9 Å². The fourth-order valence-electron chi connectivity index (χ4n) is 3.40. The quantitative estimate of drug-likeness (QED) is 0.755. The van der Waals surface area contributed by atoms with Crippen LogP contribution in [0.2, 0.25) is 0 Å². The number of carbonyl (C=O) groups is 1. The van der Waals surface area contributed by atoms with Crippen LogP contribution in [0, 0.1) is 6.92 Å². The molecule has 3 aromatic rings. The van der Waals surface area contributed by atoms with E-state index in [2.05, 4.69) is 15.3 Å². The summed E-state index contributed by atoms with van der Waals surface area (Å²) in [6.07, 6.45) is 2.04. The molecule has 0 aliphatic carbocycles. The number of carbonyl (C=O) groups excluding carboxylic acids is 1. The molecule has 0 bridgehead atoms. The highest BCUT2D eigenvalue weighted by Crippen LogP contribution is 2.30. The molecule has 1 aliphatic heterocycles. The molecule has 1 aromatic carbocycles. The first-order chi connectivity index (χ1) is 12.2. The van der Waals surface area contributed by atoms with Gasteiger partial charge in [0, 0.05) is 26.1 Å². The molecule has 2 aromatic heterocycles. The van der Waals surface area contributed by atoms with E-state index in [1.807, 2.05) is 43.1 Å². The molecule has 3 heterocycles. The third kappa shape index (κ3) is 3.00. The molecule has 7 heteroatoms. The predicted octanol–water partition coefficient (Wildman–Crippen LogP) is 3.39. The van der Waals surface area contributed by atoms with Crippen molar-refractivity contribution in [1.82, 2.24) is 19.9 Å². The van der Waals surface area contributed by atoms with E-state index >= 15 is 0 Å². The first-order valence-electron chi connectivity index (χ1n) is 8.55. The molecule has 0 spiro atoms. The molecule has 25 heavy (non-hydrogen) atoms. The second-order valence-electron chi connectivity index (χ2n) is 6.41. The van der Waals surface area contributed by atoms with Gasteiger partial charge in [0.2, 0.25) is 0 Å². The Labute approximate surface area is 150 Å². The number of aromatic amines is 1. The summed E-state index contributed by atoms with van der Waals surface area (Å²) in [4.78, 5) is 28.2. The maximum atomic E-state index is 12.9. The van der Waals surface area contributed by atoms with Crippen molar-refractivity contribution in [2.75, 3.05) is 25.5 Å². The maximum absolute atomic E-state index is 12.9. The largest absolute Gasteiger partial charge is 0.365 e. The van der Waals surface area contributed by atoms with Crippen LogP contribution in [0.3, 0.4) is 0 Å². The van der Waals surface area contributed by atoms with Crippen molar-refractivity contribution in [3.63, 3.8) is 0 Å². The van der Waals surface area contributed by atoms with Gasteiger partial charge in [-0.1, -0.05) is 23.5 Å². The van der Waals surface area contributed by atoms with Crippen LogP contribution in [-0.4, -0.2) is 45.9 Å². The Balaban J connectivity index is 1.55. The van der Waals surface area contributed by atoms with Crippen LogP contribution < -0.4 is 5.32 Å². The number of piperidine rings is 1. The lowest BCUT2D eigenvalue weighted by atomic mass is 9.97. The van der Waals surface area contributed by atoms with Crippen LogP contribution >= 0.6 is 11.3 Å². The summed E-state index contributed by atoms with van der Waals surface area (Å²) in [5.74, 6) is 1.31. The van der Waals surface area contributed by atoms with Crippen LogP contribution in [-0.2, 0) is 0 Å². The van der Waals surface area contributed by atoms with E-state index < -0.39 is 0 Å². The first kappa shape index (κ1) is 16.1. The van der Waals surface area contributed by atoms with Gasteiger partial charge in [0.1, 0.15) is 10.7 Å². The number of aromatic nitrogens is 3. The number of para-hydroxylation sites is 2. The number of anilines is 1. The molecule has 4 rings (SSSR count). The smallest absolute Gasteiger partial charge is 0.265 e. The van der Waals surface area contributed by atoms with Gasteiger partial charge in [-0.15, -0.1) is 0 Å². The highest BCUT2D eigenvalue weighted by atomic mass is 32.1.